The summed E-state index contributed by atoms with van der Waals surface area (Å²) in [6.45, 7) is 9.80. The van der Waals surface area contributed by atoms with E-state index in [4.69, 9.17) is 0 Å². The normalized spacial score (nSPS) is 16.5. The summed E-state index contributed by atoms with van der Waals surface area (Å²) >= 11 is 0. The topological polar surface area (TPSA) is 64.7 Å². The summed E-state index contributed by atoms with van der Waals surface area (Å²) in [5.41, 5.74) is 0. The van der Waals surface area contributed by atoms with E-state index in [0.717, 1.165) is 26.1 Å². The second kappa shape index (κ2) is 11.4. The van der Waals surface area contributed by atoms with Gasteiger partial charge in [-0.2, -0.15) is 0 Å². The Labute approximate surface area is 134 Å². The predicted octanol–water partition coefficient (Wildman–Crippen LogP) is 0.437. The van der Waals surface area contributed by atoms with E-state index in [9.17, 15) is 9.59 Å². The van der Waals surface area contributed by atoms with Crippen LogP contribution >= 0.6 is 0 Å². The molecule has 0 saturated carbocycles. The van der Waals surface area contributed by atoms with Gasteiger partial charge in [-0.3, -0.25) is 9.59 Å². The molecule has 6 nitrogen and oxygen atoms in total. The number of carbonyl (C=O) groups excluding carboxylic acids is 2. The molecule has 128 valence electrons. The first kappa shape index (κ1) is 18.9. The van der Waals surface area contributed by atoms with Crippen molar-refractivity contribution in [1.82, 2.24) is 20.4 Å². The van der Waals surface area contributed by atoms with Crippen LogP contribution in [0.3, 0.4) is 0 Å². The molecule has 0 radical (unpaired) electrons. The maximum Gasteiger partial charge on any atom is 0.220 e. The minimum Gasteiger partial charge on any atom is -0.359 e. The number of rotatable bonds is 10. The van der Waals surface area contributed by atoms with Crippen molar-refractivity contribution in [3.05, 3.63) is 0 Å². The zero-order valence-corrected chi connectivity index (χ0v) is 14.2. The SMILES string of the molecule is CCCCN1CCN(CCCNC(=O)CCC(=O)NC)CC1. The molecule has 0 aromatic heterocycles. The molecule has 0 bridgehead atoms. The molecule has 1 fully saturated rings. The highest BCUT2D eigenvalue weighted by molar-refractivity contribution is 5.83. The number of hydrogen-bond acceptors (Lipinski definition) is 4. The van der Waals surface area contributed by atoms with Gasteiger partial charge in [-0.25, -0.2) is 0 Å². The minimum absolute atomic E-state index is 0.0343. The van der Waals surface area contributed by atoms with Crippen LogP contribution in [0.2, 0.25) is 0 Å². The first-order valence-corrected chi connectivity index (χ1v) is 8.57. The van der Waals surface area contributed by atoms with Crippen LogP contribution in [0.1, 0.15) is 39.0 Å². The third-order valence-electron chi connectivity index (χ3n) is 4.12. The highest BCUT2D eigenvalue weighted by Crippen LogP contribution is 2.04. The third-order valence-corrected chi connectivity index (χ3v) is 4.12. The van der Waals surface area contributed by atoms with Gasteiger partial charge in [0.1, 0.15) is 0 Å². The fourth-order valence-electron chi connectivity index (χ4n) is 2.59. The Kier molecular flexibility index (Phi) is 9.82. The third kappa shape index (κ3) is 8.34. The molecule has 0 spiro atoms. The van der Waals surface area contributed by atoms with Crippen molar-refractivity contribution < 1.29 is 9.59 Å². The van der Waals surface area contributed by atoms with Gasteiger partial charge in [-0.1, -0.05) is 13.3 Å². The Morgan fingerprint density at radius 2 is 1.45 bits per heavy atom. The van der Waals surface area contributed by atoms with Crippen LogP contribution in [0, 0.1) is 0 Å². The summed E-state index contributed by atoms with van der Waals surface area (Å²) in [7, 11) is 1.59. The highest BCUT2D eigenvalue weighted by Gasteiger charge is 2.15. The molecular formula is C16H32N4O2. The summed E-state index contributed by atoms with van der Waals surface area (Å²) in [4.78, 5) is 27.6. The molecule has 0 aromatic rings. The predicted molar refractivity (Wildman–Crippen MR) is 88.7 cm³/mol. The quantitative estimate of drug-likeness (QED) is 0.575. The van der Waals surface area contributed by atoms with Gasteiger partial charge in [-0.05, 0) is 25.9 Å². The summed E-state index contributed by atoms with van der Waals surface area (Å²) in [5.74, 6) is -0.121. The van der Waals surface area contributed by atoms with E-state index in [0.29, 0.717) is 6.54 Å². The Balaban J connectivity index is 1.99. The molecule has 0 atom stereocenters. The molecule has 0 aliphatic carbocycles. The summed E-state index contributed by atoms with van der Waals surface area (Å²) < 4.78 is 0. The van der Waals surface area contributed by atoms with Crippen molar-refractivity contribution in [3.8, 4) is 0 Å². The van der Waals surface area contributed by atoms with Gasteiger partial charge in [0.25, 0.3) is 0 Å². The van der Waals surface area contributed by atoms with E-state index in [-0.39, 0.29) is 24.7 Å². The van der Waals surface area contributed by atoms with Crippen LogP contribution < -0.4 is 10.6 Å². The Bertz CT molecular complexity index is 328. The van der Waals surface area contributed by atoms with Crippen LogP contribution in [-0.4, -0.2) is 74.5 Å². The molecule has 22 heavy (non-hydrogen) atoms. The van der Waals surface area contributed by atoms with Crippen LogP contribution in [0.25, 0.3) is 0 Å². The van der Waals surface area contributed by atoms with E-state index in [1.807, 2.05) is 0 Å². The number of carbonyl (C=O) groups is 2. The number of unbranched alkanes of at least 4 members (excludes halogenated alkanes) is 1. The summed E-state index contributed by atoms with van der Waals surface area (Å²) in [6.07, 6.45) is 4.07. The molecule has 1 heterocycles. The number of amides is 2. The van der Waals surface area contributed by atoms with E-state index >= 15 is 0 Å². The van der Waals surface area contributed by atoms with Gasteiger partial charge in [0.15, 0.2) is 0 Å². The number of hydrogen-bond donors (Lipinski definition) is 2. The zero-order valence-electron chi connectivity index (χ0n) is 14.2. The molecule has 6 heteroatoms. The van der Waals surface area contributed by atoms with Crippen molar-refractivity contribution in [1.29, 1.82) is 0 Å². The monoisotopic (exact) mass is 312 g/mol. The Morgan fingerprint density at radius 3 is 2.00 bits per heavy atom. The van der Waals surface area contributed by atoms with Crippen molar-refractivity contribution in [2.24, 2.45) is 0 Å². The van der Waals surface area contributed by atoms with E-state index in [2.05, 4.69) is 27.4 Å². The molecule has 1 aliphatic heterocycles. The molecular weight excluding hydrogens is 280 g/mol. The second-order valence-electron chi connectivity index (χ2n) is 5.91. The largest absolute Gasteiger partial charge is 0.359 e. The Morgan fingerprint density at radius 1 is 0.909 bits per heavy atom. The molecule has 2 N–H and O–H groups in total. The van der Waals surface area contributed by atoms with Crippen LogP contribution in [0.5, 0.6) is 0 Å². The maximum absolute atomic E-state index is 11.5. The van der Waals surface area contributed by atoms with Gasteiger partial charge in [0, 0.05) is 52.6 Å². The standard InChI is InChI=1S/C16H32N4O2/c1-3-4-9-19-11-13-20(14-12-19)10-5-8-18-16(22)7-6-15(21)17-2/h3-14H2,1-2H3,(H,17,21)(H,18,22). The van der Waals surface area contributed by atoms with Crippen LogP contribution in [-0.2, 0) is 9.59 Å². The van der Waals surface area contributed by atoms with Crippen molar-refractivity contribution >= 4 is 11.8 Å². The van der Waals surface area contributed by atoms with E-state index in [1.54, 1.807) is 7.05 Å². The first-order chi connectivity index (χ1) is 10.7. The second-order valence-corrected chi connectivity index (χ2v) is 5.91. The maximum atomic E-state index is 11.5. The van der Waals surface area contributed by atoms with Gasteiger partial charge in [0.2, 0.25) is 11.8 Å². The van der Waals surface area contributed by atoms with Crippen LogP contribution in [0.4, 0.5) is 0 Å². The average molecular weight is 312 g/mol. The van der Waals surface area contributed by atoms with Gasteiger partial charge in [-0.15, -0.1) is 0 Å². The lowest BCUT2D eigenvalue weighted by Crippen LogP contribution is -2.47. The molecule has 0 aromatic carbocycles. The lowest BCUT2D eigenvalue weighted by molar-refractivity contribution is -0.126. The lowest BCUT2D eigenvalue weighted by atomic mass is 10.2. The van der Waals surface area contributed by atoms with Crippen molar-refractivity contribution in [2.45, 2.75) is 39.0 Å². The zero-order chi connectivity index (χ0) is 16.2. The number of piperazine rings is 1. The first-order valence-electron chi connectivity index (χ1n) is 8.57. The van der Waals surface area contributed by atoms with Crippen molar-refractivity contribution in [2.75, 3.05) is 52.9 Å². The van der Waals surface area contributed by atoms with Crippen molar-refractivity contribution in [3.63, 3.8) is 0 Å². The molecule has 1 rings (SSSR count). The molecule has 1 aliphatic rings. The van der Waals surface area contributed by atoms with E-state index < -0.39 is 0 Å². The van der Waals surface area contributed by atoms with Crippen LogP contribution in [0.15, 0.2) is 0 Å². The molecule has 2 amide bonds. The molecule has 1 saturated heterocycles. The number of nitrogens with zero attached hydrogens (tertiary/aromatic N) is 2. The lowest BCUT2D eigenvalue weighted by Gasteiger charge is -2.34. The van der Waals surface area contributed by atoms with Gasteiger partial charge in [0.05, 0.1) is 0 Å². The van der Waals surface area contributed by atoms with Gasteiger partial charge < -0.3 is 20.4 Å². The van der Waals surface area contributed by atoms with E-state index in [1.165, 1.54) is 32.5 Å². The summed E-state index contributed by atoms with van der Waals surface area (Å²) in [6, 6.07) is 0. The average Bonchev–Trinajstić information content (AvgIpc) is 2.55. The fraction of sp³-hybridized carbons (Fsp3) is 0.875. The Hall–Kier alpha value is -1.14. The molecule has 0 unspecified atom stereocenters. The number of nitrogens with one attached hydrogen (secondary N) is 2. The smallest absolute Gasteiger partial charge is 0.220 e. The highest BCUT2D eigenvalue weighted by atomic mass is 16.2. The minimum atomic E-state index is -0.0870. The summed E-state index contributed by atoms with van der Waals surface area (Å²) in [5, 5.41) is 5.40. The van der Waals surface area contributed by atoms with Gasteiger partial charge >= 0.3 is 0 Å². The fourth-order valence-corrected chi connectivity index (χ4v) is 2.59.